The van der Waals surface area contributed by atoms with Crippen molar-refractivity contribution in [2.75, 3.05) is 14.2 Å². The number of carbonyl (C=O) groups excluding carboxylic acids is 1. The van der Waals surface area contributed by atoms with E-state index >= 15 is 0 Å². The van der Waals surface area contributed by atoms with Crippen molar-refractivity contribution in [3.8, 4) is 5.88 Å². The Kier molecular flexibility index (Phi) is 4.14. The molecule has 0 N–H and O–H groups in total. The van der Waals surface area contributed by atoms with E-state index in [1.165, 1.54) is 7.11 Å². The molecule has 0 bridgehead atoms. The van der Waals surface area contributed by atoms with Gasteiger partial charge in [-0.2, -0.15) is 0 Å². The SMILES string of the molecule is COc1cc(C(=O)N(C)Cc2cnccn2)c2ccccc2n1. The number of aromatic nitrogens is 3. The minimum Gasteiger partial charge on any atom is -0.481 e. The highest BCUT2D eigenvalue weighted by Crippen LogP contribution is 2.23. The predicted octanol–water partition coefficient (Wildman–Crippen LogP) is 2.31. The summed E-state index contributed by atoms with van der Waals surface area (Å²) in [6.45, 7) is 0.381. The molecule has 0 spiro atoms. The van der Waals surface area contributed by atoms with Gasteiger partial charge in [-0.3, -0.25) is 14.8 Å². The topological polar surface area (TPSA) is 68.2 Å². The third kappa shape index (κ3) is 3.11. The quantitative estimate of drug-likeness (QED) is 0.740. The zero-order valence-corrected chi connectivity index (χ0v) is 12.9. The Morgan fingerprint density at radius 1 is 1.26 bits per heavy atom. The molecule has 3 rings (SSSR count). The Balaban J connectivity index is 1.96. The van der Waals surface area contributed by atoms with Gasteiger partial charge in [0.15, 0.2) is 0 Å². The largest absolute Gasteiger partial charge is 0.481 e. The van der Waals surface area contributed by atoms with Crippen LogP contribution in [0.3, 0.4) is 0 Å². The van der Waals surface area contributed by atoms with Crippen LogP contribution in [-0.4, -0.2) is 39.9 Å². The first-order valence-corrected chi connectivity index (χ1v) is 7.13. The van der Waals surface area contributed by atoms with E-state index in [9.17, 15) is 4.79 Å². The highest BCUT2D eigenvalue weighted by atomic mass is 16.5. The van der Waals surface area contributed by atoms with E-state index in [1.807, 2.05) is 24.3 Å². The van der Waals surface area contributed by atoms with Crippen molar-refractivity contribution in [3.05, 3.63) is 60.2 Å². The van der Waals surface area contributed by atoms with Gasteiger partial charge in [-0.05, 0) is 6.07 Å². The number of rotatable bonds is 4. The minimum atomic E-state index is -0.118. The van der Waals surface area contributed by atoms with Crippen LogP contribution in [0.15, 0.2) is 48.9 Å². The molecular formula is C17H16N4O2. The van der Waals surface area contributed by atoms with Crippen molar-refractivity contribution in [2.24, 2.45) is 0 Å². The third-order valence-corrected chi connectivity index (χ3v) is 3.49. The van der Waals surface area contributed by atoms with Gasteiger partial charge in [0, 0.05) is 30.9 Å². The van der Waals surface area contributed by atoms with Gasteiger partial charge in [0.25, 0.3) is 5.91 Å². The molecule has 0 atom stereocenters. The summed E-state index contributed by atoms with van der Waals surface area (Å²) >= 11 is 0. The van der Waals surface area contributed by atoms with Gasteiger partial charge in [-0.15, -0.1) is 0 Å². The molecule has 6 heteroatoms. The number of pyridine rings is 1. The number of nitrogens with zero attached hydrogens (tertiary/aromatic N) is 4. The van der Waals surface area contributed by atoms with Crippen LogP contribution in [0.2, 0.25) is 0 Å². The molecule has 116 valence electrons. The van der Waals surface area contributed by atoms with Crippen LogP contribution in [0.1, 0.15) is 16.1 Å². The molecule has 2 aromatic heterocycles. The fourth-order valence-corrected chi connectivity index (χ4v) is 2.36. The monoisotopic (exact) mass is 308 g/mol. The first kappa shape index (κ1) is 14.9. The summed E-state index contributed by atoms with van der Waals surface area (Å²) in [5.74, 6) is 0.299. The molecular weight excluding hydrogens is 292 g/mol. The van der Waals surface area contributed by atoms with Crippen LogP contribution in [-0.2, 0) is 6.54 Å². The molecule has 0 fully saturated rings. The fourth-order valence-electron chi connectivity index (χ4n) is 2.36. The number of para-hydroxylation sites is 1. The first-order valence-electron chi connectivity index (χ1n) is 7.13. The number of methoxy groups -OCH3 is 1. The average Bonchev–Trinajstić information content (AvgIpc) is 2.61. The fraction of sp³-hybridized carbons (Fsp3) is 0.176. The number of hydrogen-bond donors (Lipinski definition) is 0. The molecule has 3 aromatic rings. The molecule has 0 saturated carbocycles. The van der Waals surface area contributed by atoms with Gasteiger partial charge in [0.2, 0.25) is 5.88 Å². The molecule has 6 nitrogen and oxygen atoms in total. The average molecular weight is 308 g/mol. The summed E-state index contributed by atoms with van der Waals surface area (Å²) < 4.78 is 5.21. The summed E-state index contributed by atoms with van der Waals surface area (Å²) in [6.07, 6.45) is 4.86. The lowest BCUT2D eigenvalue weighted by molar-refractivity contribution is 0.0784. The standard InChI is InChI=1S/C17H16N4O2/c1-21(11-12-10-18-7-8-19-12)17(22)14-9-16(23-2)20-15-6-4-3-5-13(14)15/h3-10H,11H2,1-2H3. The lowest BCUT2D eigenvalue weighted by Crippen LogP contribution is -2.27. The highest BCUT2D eigenvalue weighted by molar-refractivity contribution is 6.06. The Hall–Kier alpha value is -3.02. The molecule has 0 radical (unpaired) electrons. The predicted molar refractivity (Wildman–Crippen MR) is 86.1 cm³/mol. The minimum absolute atomic E-state index is 0.118. The molecule has 0 aliphatic carbocycles. The number of amides is 1. The number of hydrogen-bond acceptors (Lipinski definition) is 5. The third-order valence-electron chi connectivity index (χ3n) is 3.49. The number of ether oxygens (including phenoxy) is 1. The first-order chi connectivity index (χ1) is 11.2. The van der Waals surface area contributed by atoms with Gasteiger partial charge in [0.05, 0.1) is 36.6 Å². The van der Waals surface area contributed by atoms with Crippen molar-refractivity contribution in [1.29, 1.82) is 0 Å². The summed E-state index contributed by atoms with van der Waals surface area (Å²) in [5, 5.41) is 0.796. The second-order valence-electron chi connectivity index (χ2n) is 5.09. The number of benzene rings is 1. The molecule has 0 aliphatic rings. The lowest BCUT2D eigenvalue weighted by Gasteiger charge is -2.18. The maximum atomic E-state index is 12.8. The van der Waals surface area contributed by atoms with Crippen molar-refractivity contribution < 1.29 is 9.53 Å². The zero-order chi connectivity index (χ0) is 16.2. The van der Waals surface area contributed by atoms with E-state index < -0.39 is 0 Å². The van der Waals surface area contributed by atoms with E-state index in [0.717, 1.165) is 16.6 Å². The molecule has 0 aliphatic heterocycles. The smallest absolute Gasteiger partial charge is 0.254 e. The summed E-state index contributed by atoms with van der Waals surface area (Å²) in [7, 11) is 3.27. The second-order valence-corrected chi connectivity index (χ2v) is 5.09. The van der Waals surface area contributed by atoms with E-state index in [0.29, 0.717) is 18.0 Å². The second kappa shape index (κ2) is 6.39. The van der Waals surface area contributed by atoms with Gasteiger partial charge >= 0.3 is 0 Å². The Labute approximate surface area is 133 Å². The Morgan fingerprint density at radius 3 is 2.83 bits per heavy atom. The van der Waals surface area contributed by atoms with Crippen molar-refractivity contribution in [3.63, 3.8) is 0 Å². The lowest BCUT2D eigenvalue weighted by atomic mass is 10.1. The molecule has 1 amide bonds. The van der Waals surface area contributed by atoms with Crippen LogP contribution in [0.4, 0.5) is 0 Å². The highest BCUT2D eigenvalue weighted by Gasteiger charge is 2.17. The maximum Gasteiger partial charge on any atom is 0.254 e. The zero-order valence-electron chi connectivity index (χ0n) is 12.9. The molecule has 0 unspecified atom stereocenters. The molecule has 0 saturated heterocycles. The van der Waals surface area contributed by atoms with Crippen molar-refractivity contribution in [1.82, 2.24) is 19.9 Å². The Morgan fingerprint density at radius 2 is 2.09 bits per heavy atom. The van der Waals surface area contributed by atoms with Crippen LogP contribution < -0.4 is 4.74 Å². The van der Waals surface area contributed by atoms with E-state index in [-0.39, 0.29) is 5.91 Å². The van der Waals surface area contributed by atoms with Crippen LogP contribution in [0.25, 0.3) is 10.9 Å². The normalized spacial score (nSPS) is 10.5. The van der Waals surface area contributed by atoms with E-state index in [1.54, 1.807) is 36.6 Å². The molecule has 2 heterocycles. The van der Waals surface area contributed by atoms with Crippen LogP contribution in [0.5, 0.6) is 5.88 Å². The molecule has 23 heavy (non-hydrogen) atoms. The van der Waals surface area contributed by atoms with Crippen molar-refractivity contribution in [2.45, 2.75) is 6.54 Å². The summed E-state index contributed by atoms with van der Waals surface area (Å²) in [5.41, 5.74) is 2.01. The van der Waals surface area contributed by atoms with Crippen LogP contribution >= 0.6 is 0 Å². The summed E-state index contributed by atoms with van der Waals surface area (Å²) in [6, 6.07) is 9.17. The molecule has 1 aromatic carbocycles. The van der Waals surface area contributed by atoms with Gasteiger partial charge in [0.1, 0.15) is 0 Å². The van der Waals surface area contributed by atoms with E-state index in [4.69, 9.17) is 4.74 Å². The van der Waals surface area contributed by atoms with Gasteiger partial charge in [-0.1, -0.05) is 18.2 Å². The van der Waals surface area contributed by atoms with Crippen molar-refractivity contribution >= 4 is 16.8 Å². The maximum absolute atomic E-state index is 12.8. The number of carbonyl (C=O) groups is 1. The van der Waals surface area contributed by atoms with E-state index in [2.05, 4.69) is 15.0 Å². The summed E-state index contributed by atoms with van der Waals surface area (Å²) in [4.78, 5) is 27.0. The van der Waals surface area contributed by atoms with Gasteiger partial charge in [-0.25, -0.2) is 4.98 Å². The van der Waals surface area contributed by atoms with Gasteiger partial charge < -0.3 is 9.64 Å². The van der Waals surface area contributed by atoms with Crippen LogP contribution in [0, 0.1) is 0 Å². The number of fused-ring (bicyclic) bond motifs is 1. The Bertz CT molecular complexity index is 836.